The Morgan fingerprint density at radius 3 is 2.66 bits per heavy atom. The number of halogens is 1. The maximum atomic E-state index is 13.0. The van der Waals surface area contributed by atoms with Gasteiger partial charge in [-0.3, -0.25) is 9.82 Å². The molecule has 0 saturated heterocycles. The molecule has 2 aromatic carbocycles. The maximum absolute atomic E-state index is 13.0. The quantitative estimate of drug-likeness (QED) is 0.260. The second kappa shape index (κ2) is 9.44. The van der Waals surface area contributed by atoms with Gasteiger partial charge >= 0.3 is 6.09 Å². The van der Waals surface area contributed by atoms with E-state index in [0.717, 1.165) is 4.90 Å². The van der Waals surface area contributed by atoms with Crippen molar-refractivity contribution in [1.29, 1.82) is 0 Å². The number of carboxylic acid groups (broad SMARTS) is 1. The highest BCUT2D eigenvalue weighted by Crippen LogP contribution is 2.34. The van der Waals surface area contributed by atoms with Crippen LogP contribution < -0.4 is 9.62 Å². The van der Waals surface area contributed by atoms with Gasteiger partial charge in [0, 0.05) is 26.9 Å². The number of aromatic nitrogens is 3. The highest BCUT2D eigenvalue weighted by molar-refractivity contribution is 7.98. The molecule has 2 heterocycles. The van der Waals surface area contributed by atoms with Gasteiger partial charge in [0.25, 0.3) is 16.0 Å². The number of nitrogens with one attached hydrogen (secondary N) is 2. The molecule has 0 aliphatic rings. The third-order valence-electron chi connectivity index (χ3n) is 4.80. The molecule has 0 spiro atoms. The molecule has 4 aromatic rings. The van der Waals surface area contributed by atoms with Crippen LogP contribution in [0.25, 0.3) is 11.0 Å². The zero-order valence-corrected chi connectivity index (χ0v) is 21.3. The number of rotatable bonds is 7. The molecule has 35 heavy (non-hydrogen) atoms. The minimum Gasteiger partial charge on any atom is -0.465 e. The van der Waals surface area contributed by atoms with Gasteiger partial charge in [-0.1, -0.05) is 29.8 Å². The van der Waals surface area contributed by atoms with Gasteiger partial charge in [0.05, 0.1) is 11.4 Å². The Morgan fingerprint density at radius 2 is 1.97 bits per heavy atom. The van der Waals surface area contributed by atoms with Gasteiger partial charge in [-0.2, -0.15) is 13.4 Å². The van der Waals surface area contributed by atoms with Crippen molar-refractivity contribution < 1.29 is 22.7 Å². The van der Waals surface area contributed by atoms with Gasteiger partial charge in [-0.15, -0.1) is 16.9 Å². The van der Waals surface area contributed by atoms with Crippen molar-refractivity contribution >= 4 is 62.1 Å². The van der Waals surface area contributed by atoms with E-state index in [-0.39, 0.29) is 22.5 Å². The summed E-state index contributed by atoms with van der Waals surface area (Å²) in [7, 11) is -4.03. The summed E-state index contributed by atoms with van der Waals surface area (Å²) < 4.78 is 34.0. The van der Waals surface area contributed by atoms with Crippen LogP contribution in [0.2, 0.25) is 5.02 Å². The number of fused-ring (bicyclic) bond motifs is 1. The highest BCUT2D eigenvalue weighted by Gasteiger charge is 2.31. The van der Waals surface area contributed by atoms with Crippen molar-refractivity contribution in [1.82, 2.24) is 15.2 Å². The molecule has 0 unspecified atom stereocenters. The van der Waals surface area contributed by atoms with E-state index >= 15 is 0 Å². The fourth-order valence-electron chi connectivity index (χ4n) is 3.26. The molecule has 10 nitrogen and oxygen atoms in total. The molecular formula is C22H22ClN5O5S2. The normalized spacial score (nSPS) is 12.1. The number of H-pyrrole nitrogens is 1. The summed E-state index contributed by atoms with van der Waals surface area (Å²) in [4.78, 5) is 17.6. The van der Waals surface area contributed by atoms with Crippen LogP contribution in [0.1, 0.15) is 26.6 Å². The number of anilines is 2. The number of sulfonamides is 1. The minimum atomic E-state index is -4.03. The summed E-state index contributed by atoms with van der Waals surface area (Å²) >= 11 is 7.40. The summed E-state index contributed by atoms with van der Waals surface area (Å²) in [5.41, 5.74) is -0.0126. The van der Waals surface area contributed by atoms with Gasteiger partial charge in [-0.05, 0) is 45.0 Å². The molecule has 13 heteroatoms. The lowest BCUT2D eigenvalue weighted by molar-refractivity contribution is 0.195. The standard InChI is InChI=1S/C22H22ClN5O5S2/c1-22(2,3)28(21(29)30)20-24-18(25-26-20)12-34-17-9-8-14(23)11-15(17)27-35(31,32)19-10-13-6-4-5-7-16(13)33-19/h4-11,27H,12H2,1-3H3,(H,29,30)(H,24,25,26). The molecule has 0 radical (unpaired) electrons. The third kappa shape index (κ3) is 5.55. The first kappa shape index (κ1) is 24.9. The van der Waals surface area contributed by atoms with Gasteiger partial charge in [0.2, 0.25) is 5.09 Å². The van der Waals surface area contributed by atoms with E-state index in [1.807, 2.05) is 0 Å². The van der Waals surface area contributed by atoms with Crippen LogP contribution in [0.3, 0.4) is 0 Å². The Balaban J connectivity index is 1.55. The van der Waals surface area contributed by atoms with E-state index < -0.39 is 21.7 Å². The van der Waals surface area contributed by atoms with Crippen molar-refractivity contribution in [3.8, 4) is 0 Å². The van der Waals surface area contributed by atoms with Crippen molar-refractivity contribution in [2.45, 2.75) is 42.1 Å². The summed E-state index contributed by atoms with van der Waals surface area (Å²) in [6, 6.07) is 13.3. The monoisotopic (exact) mass is 535 g/mol. The Morgan fingerprint density at radius 1 is 1.23 bits per heavy atom. The van der Waals surface area contributed by atoms with E-state index in [1.54, 1.807) is 57.2 Å². The largest absolute Gasteiger partial charge is 0.465 e. The predicted molar refractivity (Wildman–Crippen MR) is 135 cm³/mol. The first-order chi connectivity index (χ1) is 16.4. The number of hydrogen-bond acceptors (Lipinski definition) is 7. The molecule has 184 valence electrons. The molecule has 0 aliphatic carbocycles. The molecule has 0 bridgehead atoms. The summed E-state index contributed by atoms with van der Waals surface area (Å²) in [5, 5.41) is 17.1. The number of para-hydroxylation sites is 1. The number of aromatic amines is 1. The highest BCUT2D eigenvalue weighted by atomic mass is 35.5. The number of amides is 1. The van der Waals surface area contributed by atoms with Crippen LogP contribution in [0.5, 0.6) is 0 Å². The van der Waals surface area contributed by atoms with E-state index in [0.29, 0.717) is 26.7 Å². The average Bonchev–Trinajstić information content (AvgIpc) is 3.39. The number of benzene rings is 2. The lowest BCUT2D eigenvalue weighted by atomic mass is 10.1. The number of furan rings is 1. The fraction of sp³-hybridized carbons (Fsp3) is 0.227. The lowest BCUT2D eigenvalue weighted by Crippen LogP contribution is -2.45. The summed E-state index contributed by atoms with van der Waals surface area (Å²) in [6.45, 7) is 5.21. The number of carbonyl (C=O) groups is 1. The third-order valence-corrected chi connectivity index (χ3v) is 7.34. The SMILES string of the molecule is CC(C)(C)N(C(=O)O)c1n[nH]c(CSc2ccc(Cl)cc2NS(=O)(=O)c2cc3ccccc3o2)n1. The van der Waals surface area contributed by atoms with E-state index in [1.165, 1.54) is 23.9 Å². The molecular weight excluding hydrogens is 514 g/mol. The molecule has 0 atom stereocenters. The predicted octanol–water partition coefficient (Wildman–Crippen LogP) is 5.58. The lowest BCUT2D eigenvalue weighted by Gasteiger charge is -2.29. The van der Waals surface area contributed by atoms with E-state index in [2.05, 4.69) is 19.9 Å². The molecule has 1 amide bonds. The Hall–Kier alpha value is -3.22. The maximum Gasteiger partial charge on any atom is 0.414 e. The van der Waals surface area contributed by atoms with Crippen molar-refractivity contribution in [3.63, 3.8) is 0 Å². The van der Waals surface area contributed by atoms with Gasteiger partial charge in [0.15, 0.2) is 0 Å². The van der Waals surface area contributed by atoms with Gasteiger partial charge < -0.3 is 9.52 Å². The molecule has 3 N–H and O–H groups in total. The number of hydrogen-bond donors (Lipinski definition) is 3. The zero-order valence-electron chi connectivity index (χ0n) is 18.9. The first-order valence-electron chi connectivity index (χ1n) is 10.3. The van der Waals surface area contributed by atoms with Gasteiger partial charge in [0.1, 0.15) is 11.4 Å². The Kier molecular flexibility index (Phi) is 6.71. The Bertz CT molecular complexity index is 1460. The Labute approximate surface area is 210 Å². The topological polar surface area (TPSA) is 141 Å². The smallest absolute Gasteiger partial charge is 0.414 e. The second-order valence-electron chi connectivity index (χ2n) is 8.51. The van der Waals surface area contributed by atoms with Crippen molar-refractivity contribution in [3.05, 3.63) is 59.4 Å². The van der Waals surface area contributed by atoms with E-state index in [4.69, 9.17) is 16.0 Å². The first-order valence-corrected chi connectivity index (χ1v) is 13.2. The fourth-order valence-corrected chi connectivity index (χ4v) is 5.39. The molecule has 4 rings (SSSR count). The van der Waals surface area contributed by atoms with Crippen LogP contribution in [-0.4, -0.2) is 40.3 Å². The van der Waals surface area contributed by atoms with Crippen LogP contribution in [-0.2, 0) is 15.8 Å². The molecule has 0 aliphatic heterocycles. The molecule has 2 aromatic heterocycles. The van der Waals surface area contributed by atoms with Crippen LogP contribution in [0, 0.1) is 0 Å². The minimum absolute atomic E-state index is 0.0301. The molecule has 0 saturated carbocycles. The van der Waals surface area contributed by atoms with Crippen molar-refractivity contribution in [2.24, 2.45) is 0 Å². The van der Waals surface area contributed by atoms with Gasteiger partial charge in [-0.25, -0.2) is 9.69 Å². The average molecular weight is 536 g/mol. The summed E-state index contributed by atoms with van der Waals surface area (Å²) in [6.07, 6.45) is -1.17. The summed E-state index contributed by atoms with van der Waals surface area (Å²) in [5.74, 6) is 0.718. The molecule has 0 fully saturated rings. The zero-order chi connectivity index (χ0) is 25.4. The van der Waals surface area contributed by atoms with E-state index in [9.17, 15) is 18.3 Å². The van der Waals surface area contributed by atoms with Crippen LogP contribution in [0.15, 0.2) is 62.9 Å². The number of nitrogens with zero attached hydrogens (tertiary/aromatic N) is 3. The van der Waals surface area contributed by atoms with Crippen molar-refractivity contribution in [2.75, 3.05) is 9.62 Å². The van der Waals surface area contributed by atoms with Crippen LogP contribution in [0.4, 0.5) is 16.4 Å². The second-order valence-corrected chi connectivity index (χ2v) is 11.6. The van der Waals surface area contributed by atoms with Crippen LogP contribution >= 0.6 is 23.4 Å². The number of thioether (sulfide) groups is 1.